The Hall–Kier alpha value is -2.89. The molecule has 0 amide bonds. The maximum atomic E-state index is 15.0. The first-order chi connectivity index (χ1) is 17.5. The zero-order valence-corrected chi connectivity index (χ0v) is 20.9. The molecule has 1 aliphatic rings. The molecule has 0 bridgehead atoms. The summed E-state index contributed by atoms with van der Waals surface area (Å²) < 4.78 is 56.0. The standard InChI is InChI=1S/C31H33F3O2/c1-3-5-7-9-24-14-17-27(30(34)29(24)33)23-12-10-22(11-13-23)26-16-15-25(18-28(26)32)31-35-19-21(20-36-31)8-6-4-2/h3,5,10-18,21,31H,4,6-9,19-20H2,1-2H3/b5-3+. The number of hydrogen-bond donors (Lipinski definition) is 0. The first kappa shape index (κ1) is 26.2. The van der Waals surface area contributed by atoms with E-state index < -0.39 is 17.9 Å². The first-order valence-electron chi connectivity index (χ1n) is 12.7. The minimum Gasteiger partial charge on any atom is -0.348 e. The fourth-order valence-electron chi connectivity index (χ4n) is 4.55. The molecular weight excluding hydrogens is 461 g/mol. The van der Waals surface area contributed by atoms with Crippen molar-refractivity contribution in [1.29, 1.82) is 0 Å². The topological polar surface area (TPSA) is 18.5 Å². The molecular formula is C31H33F3O2. The third-order valence-electron chi connectivity index (χ3n) is 6.68. The maximum Gasteiger partial charge on any atom is 0.183 e. The summed E-state index contributed by atoms with van der Waals surface area (Å²) >= 11 is 0. The average molecular weight is 495 g/mol. The second kappa shape index (κ2) is 12.4. The van der Waals surface area contributed by atoms with E-state index in [1.54, 1.807) is 42.5 Å². The highest BCUT2D eigenvalue weighted by atomic mass is 19.2. The predicted octanol–water partition coefficient (Wildman–Crippen LogP) is 8.80. The number of unbranched alkanes of at least 4 members (excludes halogenated alkanes) is 1. The van der Waals surface area contributed by atoms with Gasteiger partial charge in [0.05, 0.1) is 13.2 Å². The van der Waals surface area contributed by atoms with Gasteiger partial charge in [-0.1, -0.05) is 80.4 Å². The number of ether oxygens (including phenoxy) is 2. The maximum absolute atomic E-state index is 15.0. The summed E-state index contributed by atoms with van der Waals surface area (Å²) in [5.74, 6) is -1.67. The van der Waals surface area contributed by atoms with Crippen molar-refractivity contribution in [2.75, 3.05) is 13.2 Å². The quantitative estimate of drug-likeness (QED) is 0.277. The van der Waals surface area contributed by atoms with E-state index in [-0.39, 0.29) is 11.4 Å². The average Bonchev–Trinajstić information content (AvgIpc) is 2.90. The summed E-state index contributed by atoms with van der Waals surface area (Å²) in [5, 5.41) is 0. The number of aryl methyl sites for hydroxylation is 1. The Morgan fingerprint density at radius 1 is 0.861 bits per heavy atom. The Kier molecular flexibility index (Phi) is 9.00. The van der Waals surface area contributed by atoms with Crippen LogP contribution in [0.2, 0.25) is 0 Å². The fraction of sp³-hybridized carbons (Fsp3) is 0.355. The molecule has 3 aromatic carbocycles. The second-order valence-corrected chi connectivity index (χ2v) is 9.33. The molecule has 36 heavy (non-hydrogen) atoms. The van der Waals surface area contributed by atoms with Crippen molar-refractivity contribution in [2.24, 2.45) is 5.92 Å². The van der Waals surface area contributed by atoms with Crippen molar-refractivity contribution < 1.29 is 22.6 Å². The molecule has 1 saturated heterocycles. The first-order valence-corrected chi connectivity index (χ1v) is 12.7. The summed E-state index contributed by atoms with van der Waals surface area (Å²) in [7, 11) is 0. The molecule has 0 unspecified atom stereocenters. The molecule has 5 heteroatoms. The highest BCUT2D eigenvalue weighted by Crippen LogP contribution is 2.33. The van der Waals surface area contributed by atoms with Crippen molar-refractivity contribution >= 4 is 0 Å². The van der Waals surface area contributed by atoms with Crippen LogP contribution in [0.5, 0.6) is 0 Å². The van der Waals surface area contributed by atoms with Gasteiger partial charge in [0.2, 0.25) is 0 Å². The lowest BCUT2D eigenvalue weighted by Crippen LogP contribution is -2.27. The monoisotopic (exact) mass is 494 g/mol. The molecule has 0 spiro atoms. The van der Waals surface area contributed by atoms with Gasteiger partial charge in [-0.25, -0.2) is 13.2 Å². The van der Waals surface area contributed by atoms with E-state index >= 15 is 4.39 Å². The van der Waals surface area contributed by atoms with Crippen LogP contribution in [0.25, 0.3) is 22.3 Å². The van der Waals surface area contributed by atoms with Gasteiger partial charge < -0.3 is 9.47 Å². The lowest BCUT2D eigenvalue weighted by Gasteiger charge is -2.29. The smallest absolute Gasteiger partial charge is 0.183 e. The molecule has 0 radical (unpaired) electrons. The van der Waals surface area contributed by atoms with Gasteiger partial charge in [-0.05, 0) is 48.9 Å². The number of rotatable bonds is 9. The fourth-order valence-corrected chi connectivity index (χ4v) is 4.55. The molecule has 4 rings (SSSR count). The van der Waals surface area contributed by atoms with Crippen molar-refractivity contribution in [3.05, 3.63) is 95.3 Å². The summed E-state index contributed by atoms with van der Waals surface area (Å²) in [4.78, 5) is 0. The Labute approximate surface area is 211 Å². The highest BCUT2D eigenvalue weighted by molar-refractivity contribution is 5.71. The van der Waals surface area contributed by atoms with Crippen molar-refractivity contribution in [3.8, 4) is 22.3 Å². The number of halogens is 3. The molecule has 1 heterocycles. The minimum absolute atomic E-state index is 0.188. The summed E-state index contributed by atoms with van der Waals surface area (Å²) in [6, 6.07) is 15.0. The largest absolute Gasteiger partial charge is 0.348 e. The van der Waals surface area contributed by atoms with E-state index in [1.165, 1.54) is 6.07 Å². The summed E-state index contributed by atoms with van der Waals surface area (Å²) in [6.45, 7) is 5.29. The van der Waals surface area contributed by atoms with E-state index in [0.29, 0.717) is 59.8 Å². The Bertz CT molecular complexity index is 1180. The Morgan fingerprint density at radius 3 is 2.17 bits per heavy atom. The third kappa shape index (κ3) is 6.08. The van der Waals surface area contributed by atoms with E-state index in [0.717, 1.165) is 19.3 Å². The van der Waals surface area contributed by atoms with Crippen LogP contribution in [0.3, 0.4) is 0 Å². The lowest BCUT2D eigenvalue weighted by atomic mass is 9.97. The molecule has 1 fully saturated rings. The highest BCUT2D eigenvalue weighted by Gasteiger charge is 2.24. The van der Waals surface area contributed by atoms with Gasteiger partial charge in [0.1, 0.15) is 5.82 Å². The summed E-state index contributed by atoms with van der Waals surface area (Å²) in [5.41, 5.74) is 2.80. The van der Waals surface area contributed by atoms with Gasteiger partial charge in [-0.15, -0.1) is 0 Å². The third-order valence-corrected chi connectivity index (χ3v) is 6.68. The van der Waals surface area contributed by atoms with Crippen molar-refractivity contribution in [3.63, 3.8) is 0 Å². The van der Waals surface area contributed by atoms with E-state index in [1.807, 2.05) is 25.1 Å². The zero-order valence-electron chi connectivity index (χ0n) is 20.9. The van der Waals surface area contributed by atoms with Gasteiger partial charge >= 0.3 is 0 Å². The molecule has 0 aliphatic carbocycles. The van der Waals surface area contributed by atoms with Crippen LogP contribution in [0.15, 0.2) is 66.7 Å². The molecule has 0 saturated carbocycles. The molecule has 3 aromatic rings. The normalized spacial score (nSPS) is 18.1. The van der Waals surface area contributed by atoms with Crippen molar-refractivity contribution in [1.82, 2.24) is 0 Å². The molecule has 0 N–H and O–H groups in total. The molecule has 0 atom stereocenters. The van der Waals surface area contributed by atoms with Gasteiger partial charge in [0, 0.05) is 22.6 Å². The van der Waals surface area contributed by atoms with Crippen LogP contribution in [0.1, 0.15) is 56.9 Å². The molecule has 1 aliphatic heterocycles. The van der Waals surface area contributed by atoms with E-state index in [2.05, 4.69) is 6.92 Å². The van der Waals surface area contributed by atoms with E-state index in [4.69, 9.17) is 9.47 Å². The van der Waals surface area contributed by atoms with Crippen molar-refractivity contribution in [2.45, 2.75) is 52.2 Å². The Morgan fingerprint density at radius 2 is 1.53 bits per heavy atom. The van der Waals surface area contributed by atoms with Crippen LogP contribution in [-0.2, 0) is 15.9 Å². The number of hydrogen-bond acceptors (Lipinski definition) is 2. The zero-order chi connectivity index (χ0) is 25.5. The van der Waals surface area contributed by atoms with Crippen LogP contribution in [0, 0.1) is 23.4 Å². The SMILES string of the molecule is C/C=C/CCc1ccc(-c2ccc(-c3ccc(C4OCC(CCCC)CO4)cc3F)cc2)c(F)c1F. The van der Waals surface area contributed by atoms with Crippen LogP contribution in [0.4, 0.5) is 13.2 Å². The molecule has 190 valence electrons. The summed E-state index contributed by atoms with van der Waals surface area (Å²) in [6.07, 6.45) is 7.71. The number of benzene rings is 3. The molecule has 2 nitrogen and oxygen atoms in total. The second-order valence-electron chi connectivity index (χ2n) is 9.33. The van der Waals surface area contributed by atoms with Gasteiger partial charge in [-0.3, -0.25) is 0 Å². The minimum atomic E-state index is -0.860. The van der Waals surface area contributed by atoms with Crippen LogP contribution in [-0.4, -0.2) is 13.2 Å². The van der Waals surface area contributed by atoms with E-state index in [9.17, 15) is 8.78 Å². The van der Waals surface area contributed by atoms with Gasteiger partial charge in [0.25, 0.3) is 0 Å². The van der Waals surface area contributed by atoms with Gasteiger partial charge in [0.15, 0.2) is 17.9 Å². The predicted molar refractivity (Wildman–Crippen MR) is 138 cm³/mol. The lowest BCUT2D eigenvalue weighted by molar-refractivity contribution is -0.206. The Balaban J connectivity index is 1.46. The molecule has 0 aromatic heterocycles. The van der Waals surface area contributed by atoms with Crippen LogP contribution < -0.4 is 0 Å². The van der Waals surface area contributed by atoms with Crippen LogP contribution >= 0.6 is 0 Å². The number of allylic oxidation sites excluding steroid dienone is 2. The van der Waals surface area contributed by atoms with Gasteiger partial charge in [-0.2, -0.15) is 0 Å².